The summed E-state index contributed by atoms with van der Waals surface area (Å²) in [6.07, 6.45) is 0. The van der Waals surface area contributed by atoms with Crippen molar-refractivity contribution >= 4 is 22.8 Å². The number of Topliss-reactive ketones (excluding diaryl/α,β-unsaturated/α-hetero) is 1. The molecule has 0 N–H and O–H groups in total. The molecule has 0 aromatic heterocycles. The first-order chi connectivity index (χ1) is 14.5. The summed E-state index contributed by atoms with van der Waals surface area (Å²) in [6.45, 7) is 11.1. The van der Waals surface area contributed by atoms with Crippen LogP contribution in [0.3, 0.4) is 0 Å². The molecule has 0 unspecified atom stereocenters. The van der Waals surface area contributed by atoms with Gasteiger partial charge in [0.2, 0.25) is 5.78 Å². The largest absolute Gasteiger partial charge is 0.489 e. The number of carbonyl (C=O) groups is 1. The Morgan fingerprint density at radius 1 is 0.900 bits per heavy atom. The Kier molecular flexibility index (Phi) is 5.12. The fourth-order valence-corrected chi connectivity index (χ4v) is 3.37. The third-order valence-electron chi connectivity index (χ3n) is 5.01. The van der Waals surface area contributed by atoms with Gasteiger partial charge in [-0.2, -0.15) is 0 Å². The highest BCUT2D eigenvalue weighted by Gasteiger charge is 2.42. The number of nitrogens with zero attached hydrogens (tertiary/aromatic N) is 1. The molecule has 3 aromatic rings. The van der Waals surface area contributed by atoms with Crippen LogP contribution in [0, 0.1) is 6.57 Å². The number of hydrogen-bond donors (Lipinski definition) is 0. The number of benzene rings is 3. The van der Waals surface area contributed by atoms with Crippen molar-refractivity contribution in [3.05, 3.63) is 107 Å². The van der Waals surface area contributed by atoms with Crippen LogP contribution in [-0.2, 0) is 16.1 Å². The molecule has 0 aliphatic carbocycles. The highest BCUT2D eigenvalue weighted by Crippen LogP contribution is 2.41. The van der Waals surface area contributed by atoms with Gasteiger partial charge in [-0.15, -0.1) is 0 Å². The molecular formula is C26H21NO3. The van der Waals surface area contributed by atoms with Gasteiger partial charge in [0.25, 0.3) is 0 Å². The third-order valence-corrected chi connectivity index (χ3v) is 5.01. The number of ether oxygens (including phenoxy) is 2. The van der Waals surface area contributed by atoms with Crippen LogP contribution in [0.1, 0.15) is 30.5 Å². The third kappa shape index (κ3) is 3.83. The van der Waals surface area contributed by atoms with E-state index in [1.54, 1.807) is 26.0 Å². The average Bonchev–Trinajstić information content (AvgIpc) is 3.02. The molecule has 0 spiro atoms. The number of ketones is 1. The second-order valence-corrected chi connectivity index (χ2v) is 7.60. The highest BCUT2D eigenvalue weighted by molar-refractivity contribution is 6.32. The zero-order chi connectivity index (χ0) is 21.1. The van der Waals surface area contributed by atoms with Gasteiger partial charge in [-0.05, 0) is 37.1 Å². The lowest BCUT2D eigenvalue weighted by molar-refractivity contribution is -0.125. The lowest BCUT2D eigenvalue weighted by Gasteiger charge is -2.17. The van der Waals surface area contributed by atoms with E-state index in [2.05, 4.69) is 4.85 Å². The minimum atomic E-state index is -0.939. The van der Waals surface area contributed by atoms with Gasteiger partial charge in [-0.1, -0.05) is 66.7 Å². The van der Waals surface area contributed by atoms with Crippen molar-refractivity contribution in [3.63, 3.8) is 0 Å². The van der Waals surface area contributed by atoms with Gasteiger partial charge in [0.1, 0.15) is 18.1 Å². The Hall–Kier alpha value is -3.84. The quantitative estimate of drug-likeness (QED) is 0.493. The van der Waals surface area contributed by atoms with Crippen LogP contribution in [0.2, 0.25) is 0 Å². The van der Waals surface area contributed by atoms with Gasteiger partial charge in [0.15, 0.2) is 11.3 Å². The van der Waals surface area contributed by atoms with E-state index in [0.29, 0.717) is 23.6 Å². The van der Waals surface area contributed by atoms with Crippen molar-refractivity contribution in [3.8, 4) is 5.75 Å². The van der Waals surface area contributed by atoms with E-state index < -0.39 is 5.60 Å². The SMILES string of the molecule is [C-]#[N+]c1ccc(C2=C(c3ccc(OCc4ccccc4)cc3)C(=O)C(C)(C)O2)cc1. The van der Waals surface area contributed by atoms with Gasteiger partial charge < -0.3 is 9.47 Å². The summed E-state index contributed by atoms with van der Waals surface area (Å²) < 4.78 is 11.9. The fourth-order valence-electron chi connectivity index (χ4n) is 3.37. The Labute approximate surface area is 176 Å². The van der Waals surface area contributed by atoms with Crippen molar-refractivity contribution in [2.45, 2.75) is 26.1 Å². The first kappa shape index (κ1) is 19.5. The van der Waals surface area contributed by atoms with Crippen LogP contribution in [0.25, 0.3) is 16.2 Å². The smallest absolute Gasteiger partial charge is 0.210 e. The maximum Gasteiger partial charge on any atom is 0.210 e. The molecule has 1 aliphatic heterocycles. The highest BCUT2D eigenvalue weighted by atomic mass is 16.5. The van der Waals surface area contributed by atoms with Gasteiger partial charge in [-0.3, -0.25) is 4.79 Å². The molecule has 1 aliphatic rings. The van der Waals surface area contributed by atoms with E-state index in [9.17, 15) is 4.79 Å². The summed E-state index contributed by atoms with van der Waals surface area (Å²) in [4.78, 5) is 16.5. The Balaban J connectivity index is 1.63. The van der Waals surface area contributed by atoms with Crippen LogP contribution in [-0.4, -0.2) is 11.4 Å². The molecule has 0 atom stereocenters. The molecule has 3 aromatic carbocycles. The minimum absolute atomic E-state index is 0.0651. The van der Waals surface area contributed by atoms with Crippen LogP contribution < -0.4 is 4.74 Å². The Morgan fingerprint density at radius 2 is 1.53 bits per heavy atom. The maximum absolute atomic E-state index is 13.1. The molecule has 0 fully saturated rings. The van der Waals surface area contributed by atoms with E-state index in [1.807, 2.05) is 66.7 Å². The summed E-state index contributed by atoms with van der Waals surface area (Å²) in [5, 5.41) is 0. The van der Waals surface area contributed by atoms with Crippen molar-refractivity contribution in [2.75, 3.05) is 0 Å². The predicted octanol–water partition coefficient (Wildman–Crippen LogP) is 6.06. The summed E-state index contributed by atoms with van der Waals surface area (Å²) in [7, 11) is 0. The van der Waals surface area contributed by atoms with Crippen LogP contribution in [0.4, 0.5) is 5.69 Å². The summed E-state index contributed by atoms with van der Waals surface area (Å²) in [6, 6.07) is 24.5. The van der Waals surface area contributed by atoms with Crippen LogP contribution >= 0.6 is 0 Å². The van der Waals surface area contributed by atoms with Crippen molar-refractivity contribution < 1.29 is 14.3 Å². The summed E-state index contributed by atoms with van der Waals surface area (Å²) >= 11 is 0. The zero-order valence-electron chi connectivity index (χ0n) is 16.9. The minimum Gasteiger partial charge on any atom is -0.489 e. The zero-order valence-corrected chi connectivity index (χ0v) is 16.9. The van der Waals surface area contributed by atoms with E-state index >= 15 is 0 Å². The van der Waals surface area contributed by atoms with Crippen molar-refractivity contribution in [1.29, 1.82) is 0 Å². The topological polar surface area (TPSA) is 39.9 Å². The lowest BCUT2D eigenvalue weighted by Crippen LogP contribution is -2.29. The van der Waals surface area contributed by atoms with E-state index in [4.69, 9.17) is 16.0 Å². The van der Waals surface area contributed by atoms with Gasteiger partial charge in [0, 0.05) is 5.56 Å². The predicted molar refractivity (Wildman–Crippen MR) is 117 cm³/mol. The van der Waals surface area contributed by atoms with Gasteiger partial charge >= 0.3 is 0 Å². The number of carbonyl (C=O) groups excluding carboxylic acids is 1. The van der Waals surface area contributed by atoms with Crippen LogP contribution in [0.15, 0.2) is 78.9 Å². The first-order valence-electron chi connectivity index (χ1n) is 9.71. The number of rotatable bonds is 5. The average molecular weight is 395 g/mol. The van der Waals surface area contributed by atoms with E-state index in [-0.39, 0.29) is 5.78 Å². The van der Waals surface area contributed by atoms with Crippen LogP contribution in [0.5, 0.6) is 5.75 Å². The maximum atomic E-state index is 13.1. The first-order valence-corrected chi connectivity index (χ1v) is 9.71. The van der Waals surface area contributed by atoms with Gasteiger partial charge in [0.05, 0.1) is 12.1 Å². The second kappa shape index (κ2) is 7.88. The summed E-state index contributed by atoms with van der Waals surface area (Å²) in [5.41, 5.74) is 2.80. The normalized spacial score (nSPS) is 14.9. The molecule has 0 amide bonds. The molecule has 1 heterocycles. The molecule has 0 radical (unpaired) electrons. The Bertz CT molecular complexity index is 1140. The standard InChI is InChI=1S/C26H21NO3/c1-26(2)25(28)23(24(30-26)20-9-13-21(27-3)14-10-20)19-11-15-22(16-12-19)29-17-18-7-5-4-6-8-18/h4-16H,17H2,1-2H3. The van der Waals surface area contributed by atoms with Crippen molar-refractivity contribution in [1.82, 2.24) is 0 Å². The monoisotopic (exact) mass is 395 g/mol. The Morgan fingerprint density at radius 3 is 2.17 bits per heavy atom. The molecule has 4 rings (SSSR count). The van der Waals surface area contributed by atoms with Crippen molar-refractivity contribution in [2.24, 2.45) is 0 Å². The molecule has 0 saturated carbocycles. The molecule has 4 heteroatoms. The molecular weight excluding hydrogens is 374 g/mol. The molecule has 0 saturated heterocycles. The van der Waals surface area contributed by atoms with Gasteiger partial charge in [-0.25, -0.2) is 4.85 Å². The molecule has 0 bridgehead atoms. The molecule has 30 heavy (non-hydrogen) atoms. The second-order valence-electron chi connectivity index (χ2n) is 7.60. The fraction of sp³-hybridized carbons (Fsp3) is 0.154. The summed E-state index contributed by atoms with van der Waals surface area (Å²) in [5.74, 6) is 1.21. The molecule has 148 valence electrons. The number of hydrogen-bond acceptors (Lipinski definition) is 3. The van der Waals surface area contributed by atoms with E-state index in [0.717, 1.165) is 22.4 Å². The lowest BCUT2D eigenvalue weighted by atomic mass is 9.92. The van der Waals surface area contributed by atoms with E-state index in [1.165, 1.54) is 0 Å². The molecule has 4 nitrogen and oxygen atoms in total.